The molecule has 0 unspecified atom stereocenters. The number of anilines is 1. The molecule has 0 saturated heterocycles. The van der Waals surface area contributed by atoms with E-state index in [1.165, 1.54) is 6.07 Å². The Labute approximate surface area is 127 Å². The molecular weight excluding hydrogens is 319 g/mol. The van der Waals surface area contributed by atoms with E-state index >= 15 is 0 Å². The highest BCUT2D eigenvalue weighted by molar-refractivity contribution is 9.10. The van der Waals surface area contributed by atoms with Crippen LogP contribution in [0, 0.1) is 5.82 Å². The molecule has 0 aromatic heterocycles. The Kier molecular flexibility index (Phi) is 5.15. The van der Waals surface area contributed by atoms with Crippen LogP contribution >= 0.6 is 15.9 Å². The number of hydrogen-bond acceptors (Lipinski definition) is 2. The first-order chi connectivity index (χ1) is 9.65. The number of para-hydroxylation sites is 1. The van der Waals surface area contributed by atoms with Crippen LogP contribution in [0.15, 0.2) is 46.9 Å². The fourth-order valence-corrected chi connectivity index (χ4v) is 2.68. The Balaban J connectivity index is 2.25. The van der Waals surface area contributed by atoms with Crippen LogP contribution < -0.4 is 10.6 Å². The van der Waals surface area contributed by atoms with Crippen LogP contribution in [0.25, 0.3) is 0 Å². The summed E-state index contributed by atoms with van der Waals surface area (Å²) in [6, 6.07) is 12.9. The summed E-state index contributed by atoms with van der Waals surface area (Å²) in [6.45, 7) is 3.94. The summed E-state index contributed by atoms with van der Waals surface area (Å²) in [4.78, 5) is 2.01. The normalized spacial score (nSPS) is 10.6. The molecule has 4 heteroatoms. The quantitative estimate of drug-likeness (QED) is 0.891. The molecule has 0 saturated carbocycles. The highest BCUT2D eigenvalue weighted by Gasteiger charge is 2.11. The van der Waals surface area contributed by atoms with Gasteiger partial charge >= 0.3 is 0 Å². The lowest BCUT2D eigenvalue weighted by Gasteiger charge is -2.24. The monoisotopic (exact) mass is 336 g/mol. The molecular formula is C16H18BrFN2. The topological polar surface area (TPSA) is 29.3 Å². The van der Waals surface area contributed by atoms with E-state index in [1.54, 1.807) is 12.1 Å². The highest BCUT2D eigenvalue weighted by atomic mass is 79.9. The SMILES string of the molecule is CCN(Cc1ccc(CN)cc1Br)c1ccccc1F. The molecule has 0 heterocycles. The number of rotatable bonds is 5. The standard InChI is InChI=1S/C16H18BrFN2/c1-2-20(16-6-4-3-5-15(16)18)11-13-8-7-12(10-19)9-14(13)17/h3-9H,2,10-11,19H2,1H3. The lowest BCUT2D eigenvalue weighted by Crippen LogP contribution is -2.23. The number of nitrogens with zero attached hydrogens (tertiary/aromatic N) is 1. The van der Waals surface area contributed by atoms with Crippen LogP contribution in [0.3, 0.4) is 0 Å². The van der Waals surface area contributed by atoms with E-state index in [-0.39, 0.29) is 5.82 Å². The smallest absolute Gasteiger partial charge is 0.146 e. The molecule has 2 nitrogen and oxygen atoms in total. The Morgan fingerprint density at radius 1 is 1.20 bits per heavy atom. The van der Waals surface area contributed by atoms with Crippen molar-refractivity contribution in [3.63, 3.8) is 0 Å². The minimum atomic E-state index is -0.191. The van der Waals surface area contributed by atoms with Crippen LogP contribution in [0.4, 0.5) is 10.1 Å². The second-order valence-electron chi connectivity index (χ2n) is 4.60. The van der Waals surface area contributed by atoms with Gasteiger partial charge in [0, 0.05) is 24.1 Å². The van der Waals surface area contributed by atoms with Gasteiger partial charge in [0.25, 0.3) is 0 Å². The zero-order chi connectivity index (χ0) is 14.5. The van der Waals surface area contributed by atoms with Crippen molar-refractivity contribution in [2.45, 2.75) is 20.0 Å². The van der Waals surface area contributed by atoms with Gasteiger partial charge in [-0.05, 0) is 36.2 Å². The molecule has 0 aliphatic carbocycles. The molecule has 106 valence electrons. The lowest BCUT2D eigenvalue weighted by atomic mass is 10.1. The van der Waals surface area contributed by atoms with E-state index in [0.29, 0.717) is 18.8 Å². The summed E-state index contributed by atoms with van der Waals surface area (Å²) < 4.78 is 14.9. The summed E-state index contributed by atoms with van der Waals surface area (Å²) in [5.41, 5.74) is 8.45. The summed E-state index contributed by atoms with van der Waals surface area (Å²) in [5, 5.41) is 0. The fraction of sp³-hybridized carbons (Fsp3) is 0.250. The zero-order valence-corrected chi connectivity index (χ0v) is 13.0. The molecule has 0 spiro atoms. The lowest BCUT2D eigenvalue weighted by molar-refractivity contribution is 0.618. The van der Waals surface area contributed by atoms with Crippen LogP contribution in [-0.4, -0.2) is 6.54 Å². The molecule has 20 heavy (non-hydrogen) atoms. The van der Waals surface area contributed by atoms with E-state index in [9.17, 15) is 4.39 Å². The Hall–Kier alpha value is -1.39. The predicted octanol–water partition coefficient (Wildman–Crippen LogP) is 4.07. The van der Waals surface area contributed by atoms with Crippen molar-refractivity contribution in [1.29, 1.82) is 0 Å². The van der Waals surface area contributed by atoms with Crippen LogP contribution in [0.1, 0.15) is 18.1 Å². The first kappa shape index (κ1) is 15.0. The Morgan fingerprint density at radius 2 is 1.95 bits per heavy atom. The van der Waals surface area contributed by atoms with Crippen molar-refractivity contribution in [2.75, 3.05) is 11.4 Å². The minimum absolute atomic E-state index is 0.191. The van der Waals surface area contributed by atoms with Gasteiger partial charge < -0.3 is 10.6 Å². The first-order valence-corrected chi connectivity index (χ1v) is 7.41. The molecule has 2 rings (SSSR count). The Bertz CT molecular complexity index is 586. The van der Waals surface area contributed by atoms with Gasteiger partial charge in [-0.15, -0.1) is 0 Å². The van der Waals surface area contributed by atoms with Gasteiger partial charge in [-0.25, -0.2) is 4.39 Å². The van der Waals surface area contributed by atoms with Crippen LogP contribution in [0.5, 0.6) is 0 Å². The third-order valence-corrected chi connectivity index (χ3v) is 4.03. The summed E-state index contributed by atoms with van der Waals surface area (Å²) in [7, 11) is 0. The first-order valence-electron chi connectivity index (χ1n) is 6.62. The average molecular weight is 337 g/mol. The van der Waals surface area contributed by atoms with Crippen LogP contribution in [-0.2, 0) is 13.1 Å². The second kappa shape index (κ2) is 6.86. The van der Waals surface area contributed by atoms with Gasteiger partial charge in [0.15, 0.2) is 0 Å². The molecule has 2 N–H and O–H groups in total. The van der Waals surface area contributed by atoms with Crippen LogP contribution in [0.2, 0.25) is 0 Å². The third-order valence-electron chi connectivity index (χ3n) is 3.29. The van der Waals surface area contributed by atoms with E-state index in [4.69, 9.17) is 5.73 Å². The fourth-order valence-electron chi connectivity index (χ4n) is 2.13. The number of halogens is 2. The molecule has 2 aromatic carbocycles. The molecule has 0 amide bonds. The van der Waals surface area contributed by atoms with Crippen molar-refractivity contribution < 1.29 is 4.39 Å². The Morgan fingerprint density at radius 3 is 2.55 bits per heavy atom. The van der Waals surface area contributed by atoms with E-state index in [2.05, 4.69) is 15.9 Å². The number of nitrogens with two attached hydrogens (primary N) is 1. The summed E-state index contributed by atoms with van der Waals surface area (Å²) in [5.74, 6) is -0.191. The van der Waals surface area contributed by atoms with Gasteiger partial charge in [0.05, 0.1) is 5.69 Å². The molecule has 0 radical (unpaired) electrons. The summed E-state index contributed by atoms with van der Waals surface area (Å²) >= 11 is 3.56. The molecule has 0 fully saturated rings. The van der Waals surface area contributed by atoms with Gasteiger partial charge in [-0.3, -0.25) is 0 Å². The largest absolute Gasteiger partial charge is 0.365 e. The maximum atomic E-state index is 13.9. The van der Waals surface area contributed by atoms with Crippen molar-refractivity contribution in [3.8, 4) is 0 Å². The highest BCUT2D eigenvalue weighted by Crippen LogP contribution is 2.25. The van der Waals surface area contributed by atoms with Crippen molar-refractivity contribution in [2.24, 2.45) is 5.73 Å². The number of benzene rings is 2. The van der Waals surface area contributed by atoms with Gasteiger partial charge in [0.2, 0.25) is 0 Å². The van der Waals surface area contributed by atoms with Crippen molar-refractivity contribution in [1.82, 2.24) is 0 Å². The number of hydrogen-bond donors (Lipinski definition) is 1. The minimum Gasteiger partial charge on any atom is -0.365 e. The molecule has 0 bridgehead atoms. The van der Waals surface area contributed by atoms with E-state index < -0.39 is 0 Å². The van der Waals surface area contributed by atoms with Gasteiger partial charge in [-0.2, -0.15) is 0 Å². The molecule has 0 aliphatic rings. The van der Waals surface area contributed by atoms with Crippen molar-refractivity contribution in [3.05, 3.63) is 63.9 Å². The zero-order valence-electron chi connectivity index (χ0n) is 11.4. The van der Waals surface area contributed by atoms with Crippen molar-refractivity contribution >= 4 is 21.6 Å². The van der Waals surface area contributed by atoms with E-state index in [1.807, 2.05) is 36.1 Å². The average Bonchev–Trinajstić information content (AvgIpc) is 2.47. The van der Waals surface area contributed by atoms with Gasteiger partial charge in [-0.1, -0.05) is 40.2 Å². The predicted molar refractivity (Wildman–Crippen MR) is 85.2 cm³/mol. The maximum absolute atomic E-state index is 13.9. The van der Waals surface area contributed by atoms with E-state index in [0.717, 1.165) is 22.1 Å². The maximum Gasteiger partial charge on any atom is 0.146 e. The summed E-state index contributed by atoms with van der Waals surface area (Å²) in [6.07, 6.45) is 0. The molecule has 0 aliphatic heterocycles. The molecule has 0 atom stereocenters. The van der Waals surface area contributed by atoms with Gasteiger partial charge in [0.1, 0.15) is 5.82 Å². The molecule has 2 aromatic rings. The third kappa shape index (κ3) is 3.38. The second-order valence-corrected chi connectivity index (χ2v) is 5.45.